The Kier molecular flexibility index (Phi) is 6.62. The van der Waals surface area contributed by atoms with Crippen LogP contribution in [0.25, 0.3) is 0 Å². The number of carbonyl (C=O) groups excluding carboxylic acids is 1. The van der Waals surface area contributed by atoms with Gasteiger partial charge in [0.25, 0.3) is 0 Å². The second-order valence-electron chi connectivity index (χ2n) is 4.92. The Hall–Kier alpha value is -2.54. The summed E-state index contributed by atoms with van der Waals surface area (Å²) in [4.78, 5) is 11.8. The van der Waals surface area contributed by atoms with Crippen molar-refractivity contribution in [2.24, 2.45) is 0 Å². The van der Waals surface area contributed by atoms with E-state index in [2.05, 4.69) is 5.32 Å². The number of benzene rings is 2. The molecule has 0 saturated carbocycles. The number of ether oxygens (including phenoxy) is 1. The van der Waals surface area contributed by atoms with Crippen molar-refractivity contribution in [1.82, 2.24) is 5.32 Å². The molecule has 2 rings (SSSR count). The van der Waals surface area contributed by atoms with Gasteiger partial charge in [0.1, 0.15) is 17.2 Å². The number of amides is 1. The Labute approximate surface area is 143 Å². The maximum Gasteiger partial charge on any atom is 0.240 e. The molecule has 1 unspecified atom stereocenters. The molecule has 0 aliphatic heterocycles. The van der Waals surface area contributed by atoms with Crippen LogP contribution in [-0.2, 0) is 15.9 Å². The molecule has 1 amide bonds. The van der Waals surface area contributed by atoms with E-state index in [0.29, 0.717) is 22.8 Å². The predicted molar refractivity (Wildman–Crippen MR) is 90.1 cm³/mol. The molecule has 128 valence electrons. The summed E-state index contributed by atoms with van der Waals surface area (Å²) in [5, 5.41) is 11.9. The van der Waals surface area contributed by atoms with Crippen LogP contribution >= 0.6 is 0 Å². The molecule has 0 aromatic heterocycles. The zero-order chi connectivity index (χ0) is 17.4. The van der Waals surface area contributed by atoms with Crippen LogP contribution < -0.4 is 14.2 Å². The molecule has 0 fully saturated rings. The molecule has 24 heavy (non-hydrogen) atoms. The van der Waals surface area contributed by atoms with Crippen molar-refractivity contribution in [3.05, 3.63) is 48.5 Å². The van der Waals surface area contributed by atoms with Crippen LogP contribution in [0, 0.1) is 0 Å². The zero-order valence-corrected chi connectivity index (χ0v) is 14.0. The van der Waals surface area contributed by atoms with Gasteiger partial charge in [-0.25, -0.2) is 4.21 Å². The van der Waals surface area contributed by atoms with Crippen LogP contribution in [0.2, 0.25) is 0 Å². The molecule has 0 radical (unpaired) electrons. The standard InChI is InChI=1S/C17H19NO5S/c1-2-3-17(20)18-12-22-14-6-8-15(9-7-14)23-24(21)16-10-4-13(19)5-11-16/h4-11,19H,2-3,12H2,1H3,(H,18,20). The van der Waals surface area contributed by atoms with E-state index in [-0.39, 0.29) is 18.4 Å². The molecule has 0 saturated heterocycles. The lowest BCUT2D eigenvalue weighted by Crippen LogP contribution is -2.27. The van der Waals surface area contributed by atoms with Crippen LogP contribution in [-0.4, -0.2) is 22.0 Å². The Morgan fingerprint density at radius 1 is 1.08 bits per heavy atom. The van der Waals surface area contributed by atoms with E-state index in [1.54, 1.807) is 24.3 Å². The van der Waals surface area contributed by atoms with Gasteiger partial charge in [-0.15, -0.1) is 0 Å². The number of hydrogen-bond acceptors (Lipinski definition) is 5. The van der Waals surface area contributed by atoms with Crippen LogP contribution in [0.3, 0.4) is 0 Å². The van der Waals surface area contributed by atoms with Crippen molar-refractivity contribution in [1.29, 1.82) is 0 Å². The molecule has 2 N–H and O–H groups in total. The average molecular weight is 349 g/mol. The number of phenols is 1. The predicted octanol–water partition coefficient (Wildman–Crippen LogP) is 2.75. The average Bonchev–Trinajstić information content (AvgIpc) is 2.57. The summed E-state index contributed by atoms with van der Waals surface area (Å²) >= 11 is -1.67. The molecule has 1 atom stereocenters. The first-order chi connectivity index (χ1) is 11.6. The molecule has 0 aliphatic carbocycles. The summed E-state index contributed by atoms with van der Waals surface area (Å²) in [6.07, 6.45) is 1.26. The molecular weight excluding hydrogens is 330 g/mol. The van der Waals surface area contributed by atoms with Crippen molar-refractivity contribution >= 4 is 17.0 Å². The van der Waals surface area contributed by atoms with Crippen molar-refractivity contribution < 1.29 is 23.0 Å². The zero-order valence-electron chi connectivity index (χ0n) is 13.2. The van der Waals surface area contributed by atoms with E-state index in [0.717, 1.165) is 6.42 Å². The van der Waals surface area contributed by atoms with Gasteiger partial charge >= 0.3 is 0 Å². The van der Waals surface area contributed by atoms with Gasteiger partial charge in [-0.3, -0.25) is 4.79 Å². The van der Waals surface area contributed by atoms with Gasteiger partial charge in [0.2, 0.25) is 17.0 Å². The summed E-state index contributed by atoms with van der Waals surface area (Å²) in [5.41, 5.74) is 0. The highest BCUT2D eigenvalue weighted by molar-refractivity contribution is 7.80. The quantitative estimate of drug-likeness (QED) is 0.716. The van der Waals surface area contributed by atoms with Crippen molar-refractivity contribution in [3.63, 3.8) is 0 Å². The fourth-order valence-corrected chi connectivity index (χ4v) is 2.54. The number of carbonyl (C=O) groups is 1. The topological polar surface area (TPSA) is 84.9 Å². The third kappa shape index (κ3) is 5.58. The first kappa shape index (κ1) is 17.8. The first-order valence-corrected chi connectivity index (χ1v) is 8.54. The molecule has 0 bridgehead atoms. The van der Waals surface area contributed by atoms with Gasteiger partial charge in [0.05, 0.1) is 4.90 Å². The highest BCUT2D eigenvalue weighted by Gasteiger charge is 2.07. The maximum absolute atomic E-state index is 12.0. The normalized spacial score (nSPS) is 11.5. The first-order valence-electron chi connectivity index (χ1n) is 7.47. The molecule has 0 aliphatic rings. The smallest absolute Gasteiger partial charge is 0.240 e. The molecule has 0 heterocycles. The number of phenolic OH excluding ortho intramolecular Hbond substituents is 1. The Balaban J connectivity index is 1.84. The monoisotopic (exact) mass is 349 g/mol. The van der Waals surface area contributed by atoms with Gasteiger partial charge in [-0.2, -0.15) is 0 Å². The largest absolute Gasteiger partial charge is 0.508 e. The van der Waals surface area contributed by atoms with E-state index in [9.17, 15) is 14.1 Å². The van der Waals surface area contributed by atoms with E-state index < -0.39 is 11.1 Å². The minimum atomic E-state index is -1.67. The Morgan fingerprint density at radius 2 is 1.71 bits per heavy atom. The van der Waals surface area contributed by atoms with E-state index >= 15 is 0 Å². The summed E-state index contributed by atoms with van der Waals surface area (Å²) in [5.74, 6) is 1.03. The van der Waals surface area contributed by atoms with Gasteiger partial charge in [0, 0.05) is 6.42 Å². The van der Waals surface area contributed by atoms with Crippen molar-refractivity contribution in [2.75, 3.05) is 6.73 Å². The molecular formula is C17H19NO5S. The van der Waals surface area contributed by atoms with Gasteiger partial charge in [-0.05, 0) is 55.0 Å². The molecule has 0 spiro atoms. The number of aromatic hydroxyl groups is 1. The summed E-state index contributed by atoms with van der Waals surface area (Å²) in [6, 6.07) is 12.5. The summed E-state index contributed by atoms with van der Waals surface area (Å²) < 4.78 is 22.8. The lowest BCUT2D eigenvalue weighted by Gasteiger charge is -2.09. The number of nitrogens with one attached hydrogen (secondary N) is 1. The van der Waals surface area contributed by atoms with Gasteiger partial charge in [0.15, 0.2) is 6.73 Å². The van der Waals surface area contributed by atoms with Crippen molar-refractivity contribution in [2.45, 2.75) is 24.7 Å². The van der Waals surface area contributed by atoms with E-state index in [1.807, 2.05) is 6.92 Å². The second-order valence-corrected chi connectivity index (χ2v) is 6.03. The lowest BCUT2D eigenvalue weighted by molar-refractivity contribution is -0.122. The Morgan fingerprint density at radius 3 is 2.33 bits per heavy atom. The number of hydrogen-bond donors (Lipinski definition) is 2. The third-order valence-corrected chi connectivity index (χ3v) is 4.01. The minimum Gasteiger partial charge on any atom is -0.508 e. The van der Waals surface area contributed by atoms with Crippen LogP contribution in [0.1, 0.15) is 19.8 Å². The highest BCUT2D eigenvalue weighted by atomic mass is 32.2. The van der Waals surface area contributed by atoms with Gasteiger partial charge < -0.3 is 19.3 Å². The van der Waals surface area contributed by atoms with Crippen LogP contribution in [0.4, 0.5) is 0 Å². The van der Waals surface area contributed by atoms with Crippen LogP contribution in [0.5, 0.6) is 17.2 Å². The van der Waals surface area contributed by atoms with Gasteiger partial charge in [-0.1, -0.05) is 6.92 Å². The third-order valence-electron chi connectivity index (χ3n) is 3.01. The van der Waals surface area contributed by atoms with E-state index in [4.69, 9.17) is 8.92 Å². The molecule has 6 nitrogen and oxygen atoms in total. The summed E-state index contributed by atoms with van der Waals surface area (Å²) in [7, 11) is 0. The fourth-order valence-electron chi connectivity index (χ4n) is 1.80. The number of rotatable bonds is 8. The minimum absolute atomic E-state index is 0.0539. The Bertz CT molecular complexity index is 685. The SMILES string of the molecule is CCCC(=O)NCOc1ccc(OS(=O)c2ccc(O)cc2)cc1. The summed E-state index contributed by atoms with van der Waals surface area (Å²) in [6.45, 7) is 2.03. The molecule has 7 heteroatoms. The second kappa shape index (κ2) is 8.93. The highest BCUT2D eigenvalue weighted by Crippen LogP contribution is 2.21. The maximum atomic E-state index is 12.0. The van der Waals surface area contributed by atoms with Crippen LogP contribution in [0.15, 0.2) is 53.4 Å². The molecule has 2 aromatic rings. The van der Waals surface area contributed by atoms with E-state index in [1.165, 1.54) is 24.3 Å². The van der Waals surface area contributed by atoms with Crippen molar-refractivity contribution in [3.8, 4) is 17.2 Å². The fraction of sp³-hybridized carbons (Fsp3) is 0.235. The lowest BCUT2D eigenvalue weighted by atomic mass is 10.3. The molecule has 2 aromatic carbocycles.